The van der Waals surface area contributed by atoms with Gasteiger partial charge in [0.25, 0.3) is 10.9 Å². The van der Waals surface area contributed by atoms with Gasteiger partial charge in [-0.1, -0.05) is 24.3 Å². The average Bonchev–Trinajstić information content (AvgIpc) is 2.31. The molecule has 0 heterocycles. The van der Waals surface area contributed by atoms with Crippen molar-refractivity contribution in [1.29, 1.82) is 0 Å². The highest BCUT2D eigenvalue weighted by Crippen LogP contribution is 2.20. The van der Waals surface area contributed by atoms with Crippen LogP contribution in [0.5, 0.6) is 11.5 Å². The molecule has 0 unspecified atom stereocenters. The van der Waals surface area contributed by atoms with Crippen molar-refractivity contribution in [3.05, 3.63) is 44.8 Å². The molecule has 4 heteroatoms. The van der Waals surface area contributed by atoms with E-state index in [-0.39, 0.29) is 24.7 Å². The van der Waals surface area contributed by atoms with Crippen molar-refractivity contribution in [2.45, 2.75) is 13.8 Å². The molecule has 1 rings (SSSR count). The van der Waals surface area contributed by atoms with Crippen LogP contribution in [0.25, 0.3) is 0 Å². The number of hydrogen-bond acceptors (Lipinski definition) is 4. The minimum absolute atomic E-state index is 0.0348. The summed E-state index contributed by atoms with van der Waals surface area (Å²) >= 11 is 0. The molecule has 4 nitrogen and oxygen atoms in total. The van der Waals surface area contributed by atoms with Crippen LogP contribution >= 0.6 is 0 Å². The van der Waals surface area contributed by atoms with Gasteiger partial charge in [-0.15, -0.1) is 0 Å². The van der Waals surface area contributed by atoms with Gasteiger partial charge >= 0.3 is 0 Å². The molecule has 0 saturated heterocycles. The first-order valence-electron chi connectivity index (χ1n) is 5.03. The zero-order chi connectivity index (χ0) is 12.0. The first kappa shape index (κ1) is 12.2. The lowest BCUT2D eigenvalue weighted by Gasteiger charge is -2.10. The Morgan fingerprint density at radius 3 is 1.56 bits per heavy atom. The standard InChI is InChI=1S/C12H14O4/c1-3-5-7-15-11-9(13)10(14)12(11)16-8-6-4-2/h3-6H,7-8H2,1-2H3. The Bertz CT molecular complexity index is 418. The van der Waals surface area contributed by atoms with Gasteiger partial charge in [0.05, 0.1) is 0 Å². The summed E-state index contributed by atoms with van der Waals surface area (Å²) in [7, 11) is 0. The van der Waals surface area contributed by atoms with Crippen LogP contribution < -0.4 is 20.3 Å². The Balaban J connectivity index is 2.66. The van der Waals surface area contributed by atoms with Gasteiger partial charge in [-0.2, -0.15) is 0 Å². The van der Waals surface area contributed by atoms with Gasteiger partial charge < -0.3 is 9.47 Å². The first-order chi connectivity index (χ1) is 7.72. The molecule has 0 spiro atoms. The smallest absolute Gasteiger partial charge is 0.275 e. The minimum Gasteiger partial charge on any atom is -0.482 e. The van der Waals surface area contributed by atoms with E-state index >= 15 is 0 Å². The molecule has 0 atom stereocenters. The van der Waals surface area contributed by atoms with Crippen LogP contribution in [0.3, 0.4) is 0 Å². The highest BCUT2D eigenvalue weighted by Gasteiger charge is 2.23. The first-order valence-corrected chi connectivity index (χ1v) is 5.03. The third kappa shape index (κ3) is 2.59. The lowest BCUT2D eigenvalue weighted by molar-refractivity contribution is 0.294. The van der Waals surface area contributed by atoms with Gasteiger partial charge in [-0.05, 0) is 13.8 Å². The Hall–Kier alpha value is -1.84. The van der Waals surface area contributed by atoms with Crippen molar-refractivity contribution in [2.24, 2.45) is 0 Å². The number of rotatable bonds is 6. The van der Waals surface area contributed by atoms with Gasteiger partial charge in [-0.3, -0.25) is 9.59 Å². The van der Waals surface area contributed by atoms with Crippen molar-refractivity contribution in [3.63, 3.8) is 0 Å². The highest BCUT2D eigenvalue weighted by atomic mass is 16.5. The lowest BCUT2D eigenvalue weighted by atomic mass is 10.2. The van der Waals surface area contributed by atoms with E-state index in [1.165, 1.54) is 0 Å². The minimum atomic E-state index is -0.611. The molecular formula is C12H14O4. The van der Waals surface area contributed by atoms with E-state index in [4.69, 9.17) is 9.47 Å². The molecule has 86 valence electrons. The van der Waals surface area contributed by atoms with Crippen molar-refractivity contribution in [2.75, 3.05) is 13.2 Å². The Morgan fingerprint density at radius 2 is 1.25 bits per heavy atom. The third-order valence-corrected chi connectivity index (χ3v) is 1.94. The number of ether oxygens (including phenoxy) is 2. The summed E-state index contributed by atoms with van der Waals surface area (Å²) in [6.07, 6.45) is 7.08. The summed E-state index contributed by atoms with van der Waals surface area (Å²) in [5, 5.41) is 0. The van der Waals surface area contributed by atoms with Crippen molar-refractivity contribution in [1.82, 2.24) is 0 Å². The quantitative estimate of drug-likeness (QED) is 0.536. The molecule has 0 bridgehead atoms. The molecule has 16 heavy (non-hydrogen) atoms. The predicted octanol–water partition coefficient (Wildman–Crippen LogP) is 1.19. The Morgan fingerprint density at radius 1 is 0.875 bits per heavy atom. The van der Waals surface area contributed by atoms with Gasteiger partial charge in [0.1, 0.15) is 13.2 Å². The molecule has 0 aromatic heterocycles. The zero-order valence-corrected chi connectivity index (χ0v) is 9.36. The van der Waals surface area contributed by atoms with E-state index in [1.807, 2.05) is 13.8 Å². The van der Waals surface area contributed by atoms with E-state index < -0.39 is 10.9 Å². The van der Waals surface area contributed by atoms with Crippen LogP contribution in [-0.4, -0.2) is 13.2 Å². The van der Waals surface area contributed by atoms with Crippen molar-refractivity contribution < 1.29 is 9.47 Å². The van der Waals surface area contributed by atoms with Crippen LogP contribution in [-0.2, 0) is 0 Å². The molecule has 0 N–H and O–H groups in total. The molecule has 0 aliphatic rings. The molecule has 1 aromatic rings. The molecule has 1 aromatic carbocycles. The van der Waals surface area contributed by atoms with E-state index in [1.54, 1.807) is 24.3 Å². The third-order valence-electron chi connectivity index (χ3n) is 1.94. The molecule has 0 aliphatic heterocycles. The summed E-state index contributed by atoms with van der Waals surface area (Å²) in [4.78, 5) is 22.3. The van der Waals surface area contributed by atoms with Gasteiger partial charge in [0.2, 0.25) is 11.5 Å². The largest absolute Gasteiger partial charge is 0.482 e. The molecule has 0 saturated carbocycles. The van der Waals surface area contributed by atoms with E-state index in [0.717, 1.165) is 0 Å². The average molecular weight is 222 g/mol. The van der Waals surface area contributed by atoms with Gasteiger partial charge in [-0.25, -0.2) is 0 Å². The summed E-state index contributed by atoms with van der Waals surface area (Å²) in [5.41, 5.74) is -1.22. The number of hydrogen-bond donors (Lipinski definition) is 0. The van der Waals surface area contributed by atoms with E-state index in [2.05, 4.69) is 0 Å². The number of allylic oxidation sites excluding steroid dienone is 2. The Labute approximate surface area is 93.5 Å². The van der Waals surface area contributed by atoms with Crippen LogP contribution in [0.2, 0.25) is 0 Å². The van der Waals surface area contributed by atoms with E-state index in [0.29, 0.717) is 0 Å². The summed E-state index contributed by atoms with van der Waals surface area (Å²) in [5.74, 6) is 0.0696. The zero-order valence-electron chi connectivity index (χ0n) is 9.36. The van der Waals surface area contributed by atoms with Crippen LogP contribution in [0.15, 0.2) is 33.9 Å². The molecule has 0 amide bonds. The monoisotopic (exact) mass is 222 g/mol. The second kappa shape index (κ2) is 5.90. The normalized spacial score (nSPS) is 11.6. The molecule has 0 radical (unpaired) electrons. The fraction of sp³-hybridized carbons (Fsp3) is 0.333. The van der Waals surface area contributed by atoms with Crippen LogP contribution in [0.4, 0.5) is 0 Å². The van der Waals surface area contributed by atoms with Crippen molar-refractivity contribution >= 4 is 0 Å². The maximum atomic E-state index is 11.1. The molecule has 0 fully saturated rings. The lowest BCUT2D eigenvalue weighted by Crippen LogP contribution is -2.34. The van der Waals surface area contributed by atoms with Gasteiger partial charge in [0.15, 0.2) is 0 Å². The van der Waals surface area contributed by atoms with E-state index in [9.17, 15) is 9.59 Å². The fourth-order valence-electron chi connectivity index (χ4n) is 1.07. The highest BCUT2D eigenvalue weighted by molar-refractivity contribution is 5.46. The summed E-state index contributed by atoms with van der Waals surface area (Å²) in [6, 6.07) is 0. The van der Waals surface area contributed by atoms with Crippen LogP contribution in [0, 0.1) is 0 Å². The molecule has 0 aliphatic carbocycles. The molecular weight excluding hydrogens is 208 g/mol. The second-order valence-corrected chi connectivity index (χ2v) is 3.08. The van der Waals surface area contributed by atoms with Crippen LogP contribution in [0.1, 0.15) is 13.8 Å². The SMILES string of the molecule is CC=CCOc1c(OCC=CC)c(=O)c1=O. The summed E-state index contributed by atoms with van der Waals surface area (Å²) in [6.45, 7) is 4.21. The maximum absolute atomic E-state index is 11.1. The summed E-state index contributed by atoms with van der Waals surface area (Å²) < 4.78 is 10.2. The Kier molecular flexibility index (Phi) is 4.51. The predicted molar refractivity (Wildman–Crippen MR) is 62.0 cm³/mol. The maximum Gasteiger partial charge on any atom is 0.275 e. The van der Waals surface area contributed by atoms with Crippen molar-refractivity contribution in [3.8, 4) is 11.5 Å². The second-order valence-electron chi connectivity index (χ2n) is 3.08. The van der Waals surface area contributed by atoms with Gasteiger partial charge in [0, 0.05) is 0 Å². The topological polar surface area (TPSA) is 52.6 Å². The fourth-order valence-corrected chi connectivity index (χ4v) is 1.07.